The number of rotatable bonds is 4. The fraction of sp³-hybridized carbons (Fsp3) is 0.0667. The first-order chi connectivity index (χ1) is 20.5. The third kappa shape index (κ3) is 5.59. The monoisotopic (exact) mass is 586 g/mol. The van der Waals surface area contributed by atoms with Crippen LogP contribution in [0, 0.1) is 5.82 Å². The van der Waals surface area contributed by atoms with Gasteiger partial charge in [-0.1, -0.05) is 42.5 Å². The Hall–Kier alpha value is -6.11. The molecule has 13 heteroatoms. The Kier molecular flexibility index (Phi) is 7.54. The number of hydrogen-bond donors (Lipinski definition) is 4. The molecule has 0 atom stereocenters. The van der Waals surface area contributed by atoms with Gasteiger partial charge in [-0.2, -0.15) is 0 Å². The normalized spacial score (nSPS) is 10.9. The molecule has 0 radical (unpaired) electrons. The van der Waals surface area contributed by atoms with Crippen LogP contribution >= 0.6 is 0 Å². The van der Waals surface area contributed by atoms with Crippen molar-refractivity contribution < 1.29 is 24.8 Å². The molecule has 4 heterocycles. The highest BCUT2D eigenvalue weighted by Crippen LogP contribution is 2.25. The summed E-state index contributed by atoms with van der Waals surface area (Å²) in [6, 6.07) is 16.6. The predicted molar refractivity (Wildman–Crippen MR) is 154 cm³/mol. The Balaban J connectivity index is 0.000000171. The molecule has 0 saturated carbocycles. The minimum absolute atomic E-state index is 0.138. The molecule has 0 saturated heterocycles. The summed E-state index contributed by atoms with van der Waals surface area (Å²) in [6.07, 6.45) is 5.57. The second-order valence-electron chi connectivity index (χ2n) is 9.44. The number of pyridine rings is 2. The Bertz CT molecular complexity index is 2220. The molecule has 0 aliphatic heterocycles. The molecule has 43 heavy (non-hydrogen) atoms. The molecule has 0 amide bonds. The van der Waals surface area contributed by atoms with Gasteiger partial charge in [0, 0.05) is 36.9 Å². The van der Waals surface area contributed by atoms with E-state index in [1.807, 2.05) is 30.3 Å². The molecule has 6 rings (SSSR count). The van der Waals surface area contributed by atoms with E-state index < -0.39 is 45.2 Å². The van der Waals surface area contributed by atoms with E-state index in [1.165, 1.54) is 58.2 Å². The Morgan fingerprint density at radius 1 is 0.558 bits per heavy atom. The van der Waals surface area contributed by atoms with Gasteiger partial charge in [0.25, 0.3) is 22.2 Å². The van der Waals surface area contributed by atoms with Crippen LogP contribution in [0.1, 0.15) is 11.1 Å². The van der Waals surface area contributed by atoms with Gasteiger partial charge in [-0.05, 0) is 23.3 Å². The van der Waals surface area contributed by atoms with Gasteiger partial charge >= 0.3 is 0 Å². The lowest BCUT2D eigenvalue weighted by molar-refractivity contribution is 0.404. The van der Waals surface area contributed by atoms with Crippen LogP contribution in [-0.4, -0.2) is 38.4 Å². The van der Waals surface area contributed by atoms with Gasteiger partial charge in [0.05, 0.1) is 13.1 Å². The van der Waals surface area contributed by atoms with Crippen LogP contribution < -0.4 is 22.2 Å². The van der Waals surface area contributed by atoms with Gasteiger partial charge in [-0.15, -0.1) is 0 Å². The molecule has 0 aliphatic rings. The van der Waals surface area contributed by atoms with Crippen molar-refractivity contribution in [1.29, 1.82) is 0 Å². The van der Waals surface area contributed by atoms with Gasteiger partial charge in [0.2, 0.25) is 0 Å². The lowest BCUT2D eigenvalue weighted by Crippen LogP contribution is -2.26. The summed E-state index contributed by atoms with van der Waals surface area (Å²) < 4.78 is 17.5. The highest BCUT2D eigenvalue weighted by molar-refractivity contribution is 5.64. The Morgan fingerprint density at radius 3 is 1.42 bits per heavy atom. The summed E-state index contributed by atoms with van der Waals surface area (Å²) in [5, 5.41) is 38.6. The second kappa shape index (κ2) is 11.4. The zero-order valence-corrected chi connectivity index (χ0v) is 22.2. The van der Waals surface area contributed by atoms with E-state index in [9.17, 15) is 44.0 Å². The first kappa shape index (κ1) is 28.4. The number of aromatic nitrogens is 4. The predicted octanol–water partition coefficient (Wildman–Crippen LogP) is 1.98. The van der Waals surface area contributed by atoms with Crippen LogP contribution in [0.2, 0.25) is 0 Å². The van der Waals surface area contributed by atoms with E-state index in [4.69, 9.17) is 0 Å². The van der Waals surface area contributed by atoms with Gasteiger partial charge in [-0.25, -0.2) is 4.39 Å². The second-order valence-corrected chi connectivity index (χ2v) is 9.44. The maximum atomic E-state index is 12.9. The van der Waals surface area contributed by atoms with Crippen molar-refractivity contribution in [3.05, 3.63) is 150 Å². The van der Waals surface area contributed by atoms with Gasteiger partial charge < -0.3 is 29.6 Å². The zero-order valence-electron chi connectivity index (χ0n) is 22.2. The molecule has 12 nitrogen and oxygen atoms in total. The lowest BCUT2D eigenvalue weighted by Gasteiger charge is -2.09. The molecule has 0 aliphatic carbocycles. The van der Waals surface area contributed by atoms with Crippen molar-refractivity contribution in [3.8, 4) is 23.0 Å². The van der Waals surface area contributed by atoms with Gasteiger partial charge in [-0.3, -0.25) is 28.0 Å². The van der Waals surface area contributed by atoms with Crippen LogP contribution in [-0.2, 0) is 13.1 Å². The minimum atomic E-state index is -0.655. The van der Waals surface area contributed by atoms with E-state index in [2.05, 4.69) is 0 Å². The van der Waals surface area contributed by atoms with E-state index in [-0.39, 0.29) is 23.4 Å². The minimum Gasteiger partial charge on any atom is -0.504 e. The molecule has 218 valence electrons. The summed E-state index contributed by atoms with van der Waals surface area (Å²) >= 11 is 0. The Morgan fingerprint density at radius 2 is 0.977 bits per heavy atom. The molecule has 0 bridgehead atoms. The van der Waals surface area contributed by atoms with Gasteiger partial charge in [0.15, 0.2) is 34.0 Å². The van der Waals surface area contributed by atoms with Crippen molar-refractivity contribution in [2.75, 3.05) is 0 Å². The fourth-order valence-corrected chi connectivity index (χ4v) is 4.42. The number of aromatic hydroxyl groups is 4. The van der Waals surface area contributed by atoms with Crippen molar-refractivity contribution in [3.63, 3.8) is 0 Å². The number of halogens is 1. The molecule has 4 N–H and O–H groups in total. The van der Waals surface area contributed by atoms with Crippen LogP contribution in [0.25, 0.3) is 11.0 Å². The quantitative estimate of drug-likeness (QED) is 0.243. The van der Waals surface area contributed by atoms with Crippen molar-refractivity contribution in [2.24, 2.45) is 0 Å². The third-order valence-corrected chi connectivity index (χ3v) is 6.59. The topological polar surface area (TPSA) is 168 Å². The highest BCUT2D eigenvalue weighted by atomic mass is 19.1. The largest absolute Gasteiger partial charge is 0.504 e. The molecule has 0 fully saturated rings. The van der Waals surface area contributed by atoms with Crippen LogP contribution in [0.15, 0.2) is 111 Å². The molecular formula is C30H23FN4O8. The average molecular weight is 587 g/mol. The van der Waals surface area contributed by atoms with Crippen LogP contribution in [0.5, 0.6) is 23.0 Å². The molecule has 2 aromatic carbocycles. The summed E-state index contributed by atoms with van der Waals surface area (Å²) in [5.41, 5.74) is -1.36. The van der Waals surface area contributed by atoms with E-state index in [0.29, 0.717) is 12.1 Å². The third-order valence-electron chi connectivity index (χ3n) is 6.59. The van der Waals surface area contributed by atoms with Crippen LogP contribution in [0.3, 0.4) is 0 Å². The lowest BCUT2D eigenvalue weighted by atomic mass is 10.2. The summed E-state index contributed by atoms with van der Waals surface area (Å²) in [4.78, 5) is 48.2. The van der Waals surface area contributed by atoms with E-state index in [0.717, 1.165) is 26.5 Å². The molecule has 0 spiro atoms. The maximum absolute atomic E-state index is 12.9. The summed E-state index contributed by atoms with van der Waals surface area (Å²) in [5.74, 6) is -2.89. The first-order valence-electron chi connectivity index (χ1n) is 12.7. The summed E-state index contributed by atoms with van der Waals surface area (Å²) in [6.45, 7) is 0.443. The smallest absolute Gasteiger partial charge is 0.279 e. The number of hydrogen-bond acceptors (Lipinski definition) is 8. The van der Waals surface area contributed by atoms with E-state index >= 15 is 0 Å². The zero-order chi connectivity index (χ0) is 30.8. The van der Waals surface area contributed by atoms with Gasteiger partial charge in [0.1, 0.15) is 5.82 Å². The van der Waals surface area contributed by atoms with Crippen molar-refractivity contribution in [2.45, 2.75) is 13.1 Å². The maximum Gasteiger partial charge on any atom is 0.279 e. The average Bonchev–Trinajstić information content (AvgIpc) is 2.99. The number of benzene rings is 2. The SMILES string of the molecule is O=c1c2c(O)c(O)cc(=O)n2ccn1Cc1ccc(F)cc1.O=c1c2c(O)c(O)cc(=O)n2ccn1Cc1ccccc1. The van der Waals surface area contributed by atoms with Crippen molar-refractivity contribution in [1.82, 2.24) is 17.9 Å². The number of nitrogens with zero attached hydrogens (tertiary/aromatic N) is 4. The Labute approximate surface area is 239 Å². The number of fused-ring (bicyclic) bond motifs is 2. The molecule has 0 unspecified atom stereocenters. The molecule has 4 aromatic heterocycles. The highest BCUT2D eigenvalue weighted by Gasteiger charge is 2.15. The summed E-state index contributed by atoms with van der Waals surface area (Å²) in [7, 11) is 0. The van der Waals surface area contributed by atoms with Crippen molar-refractivity contribution >= 4 is 11.0 Å². The van der Waals surface area contributed by atoms with E-state index in [1.54, 1.807) is 0 Å². The molecular weight excluding hydrogens is 563 g/mol. The van der Waals surface area contributed by atoms with Crippen LogP contribution in [0.4, 0.5) is 4.39 Å². The fourth-order valence-electron chi connectivity index (χ4n) is 4.42. The standard InChI is InChI=1S/C15H11FN2O4.C15H12N2O4/c16-10-3-1-9(2-4-10)8-17-5-6-18-12(20)7-11(19)14(21)13(18)15(17)22;18-11-8-12(19)17-7-6-16(15(21)13(17)14(11)20)9-10-4-2-1-3-5-10/h1-7,19,21H,8H2;1-8,18,20H,9H2. The first-order valence-corrected chi connectivity index (χ1v) is 12.7. The molecule has 6 aromatic rings.